The van der Waals surface area contributed by atoms with E-state index in [0.717, 1.165) is 12.0 Å². The van der Waals surface area contributed by atoms with Gasteiger partial charge in [0, 0.05) is 0 Å². The molecule has 1 aromatic carbocycles. The Morgan fingerprint density at radius 3 is 2.35 bits per heavy atom. The molecule has 0 fully saturated rings. The van der Waals surface area contributed by atoms with Gasteiger partial charge in [-0.3, -0.25) is 9.36 Å². The minimum absolute atomic E-state index is 0.598. The van der Waals surface area contributed by atoms with Gasteiger partial charge in [-0.25, -0.2) is 0 Å². The Bertz CT molecular complexity index is 386. The lowest BCUT2D eigenvalue weighted by molar-refractivity contribution is -0.120. The highest BCUT2D eigenvalue weighted by atomic mass is 31.1. The molecule has 4 heteroatoms. The lowest BCUT2D eigenvalue weighted by atomic mass is 9.95. The standard InChI is InChI=1S/C13H19O3P/c1-10(2)8-11-4-6-12(7-5-11)13(3,9-14)16-17-15/h4-7,9-10H,8,17H2,1-3H3. The van der Waals surface area contributed by atoms with Crippen LogP contribution in [0.25, 0.3) is 0 Å². The molecular formula is C13H19O3P. The Morgan fingerprint density at radius 2 is 1.94 bits per heavy atom. The quantitative estimate of drug-likeness (QED) is 0.579. The van der Waals surface area contributed by atoms with E-state index in [9.17, 15) is 9.36 Å². The lowest BCUT2D eigenvalue weighted by Crippen LogP contribution is -2.24. The summed E-state index contributed by atoms with van der Waals surface area (Å²) in [5.41, 5.74) is 0.878. The number of aldehydes is 1. The molecule has 0 amide bonds. The summed E-state index contributed by atoms with van der Waals surface area (Å²) >= 11 is 0. The first-order valence-electron chi connectivity index (χ1n) is 5.69. The van der Waals surface area contributed by atoms with Gasteiger partial charge >= 0.3 is 0 Å². The van der Waals surface area contributed by atoms with E-state index < -0.39 is 14.3 Å². The van der Waals surface area contributed by atoms with Crippen molar-refractivity contribution in [1.82, 2.24) is 0 Å². The zero-order chi connectivity index (χ0) is 12.9. The van der Waals surface area contributed by atoms with Crippen LogP contribution >= 0.6 is 8.69 Å². The van der Waals surface area contributed by atoms with Gasteiger partial charge in [-0.1, -0.05) is 38.1 Å². The Balaban J connectivity index is 2.92. The molecule has 0 aliphatic heterocycles. The SMILES string of the molecule is CC(C)Cc1ccc(C(C)(C=O)O[PH2]=O)cc1. The van der Waals surface area contributed by atoms with Gasteiger partial charge < -0.3 is 4.52 Å². The third-order valence-electron chi connectivity index (χ3n) is 2.69. The van der Waals surface area contributed by atoms with Crippen LogP contribution in [0.3, 0.4) is 0 Å². The average molecular weight is 254 g/mol. The van der Waals surface area contributed by atoms with Crippen LogP contribution in [0.2, 0.25) is 0 Å². The molecule has 0 aliphatic rings. The van der Waals surface area contributed by atoms with E-state index in [4.69, 9.17) is 4.52 Å². The maximum Gasteiger partial charge on any atom is 0.181 e. The monoisotopic (exact) mass is 254 g/mol. The fourth-order valence-corrected chi connectivity index (χ4v) is 2.10. The van der Waals surface area contributed by atoms with Crippen molar-refractivity contribution in [3.8, 4) is 0 Å². The molecule has 0 aliphatic carbocycles. The van der Waals surface area contributed by atoms with Gasteiger partial charge in [-0.15, -0.1) is 0 Å². The maximum atomic E-state index is 11.0. The van der Waals surface area contributed by atoms with Crippen LogP contribution in [0.5, 0.6) is 0 Å². The summed E-state index contributed by atoms with van der Waals surface area (Å²) < 4.78 is 15.6. The summed E-state index contributed by atoms with van der Waals surface area (Å²) in [6, 6.07) is 7.70. The second kappa shape index (κ2) is 6.13. The van der Waals surface area contributed by atoms with E-state index in [1.54, 1.807) is 6.92 Å². The Morgan fingerprint density at radius 1 is 1.35 bits per heavy atom. The topological polar surface area (TPSA) is 43.4 Å². The summed E-state index contributed by atoms with van der Waals surface area (Å²) in [7, 11) is -1.40. The van der Waals surface area contributed by atoms with E-state index >= 15 is 0 Å². The molecule has 0 saturated heterocycles. The van der Waals surface area contributed by atoms with Crippen molar-refractivity contribution < 1.29 is 13.9 Å². The van der Waals surface area contributed by atoms with Gasteiger partial charge in [-0.05, 0) is 30.4 Å². The van der Waals surface area contributed by atoms with Crippen LogP contribution in [0, 0.1) is 5.92 Å². The zero-order valence-electron chi connectivity index (χ0n) is 10.5. The number of hydrogen-bond donors (Lipinski definition) is 0. The second-order valence-corrected chi connectivity index (χ2v) is 5.16. The van der Waals surface area contributed by atoms with Crippen molar-refractivity contribution in [3.63, 3.8) is 0 Å². The first-order valence-corrected chi connectivity index (χ1v) is 6.63. The van der Waals surface area contributed by atoms with Crippen molar-refractivity contribution in [1.29, 1.82) is 0 Å². The predicted octanol–water partition coefficient (Wildman–Crippen LogP) is 2.99. The molecule has 0 N–H and O–H groups in total. The molecule has 3 nitrogen and oxygen atoms in total. The van der Waals surface area contributed by atoms with Gasteiger partial charge in [0.05, 0.1) is 0 Å². The van der Waals surface area contributed by atoms with Crippen LogP contribution < -0.4 is 0 Å². The number of hydrogen-bond acceptors (Lipinski definition) is 3. The Kier molecular flexibility index (Phi) is 5.10. The molecule has 0 aromatic heterocycles. The summed E-state index contributed by atoms with van der Waals surface area (Å²) in [5, 5.41) is 0. The van der Waals surface area contributed by atoms with Gasteiger partial charge in [0.1, 0.15) is 0 Å². The molecule has 1 rings (SSSR count). The van der Waals surface area contributed by atoms with Crippen LogP contribution in [0.1, 0.15) is 31.9 Å². The molecule has 0 radical (unpaired) electrons. The fraction of sp³-hybridized carbons (Fsp3) is 0.462. The highest BCUT2D eigenvalue weighted by Crippen LogP contribution is 2.27. The summed E-state index contributed by atoms with van der Waals surface area (Å²) in [4.78, 5) is 11.0. The smallest absolute Gasteiger partial charge is 0.181 e. The molecule has 2 atom stereocenters. The van der Waals surface area contributed by atoms with E-state index in [2.05, 4.69) is 13.8 Å². The molecule has 0 bridgehead atoms. The molecule has 0 spiro atoms. The number of carbonyl (C=O) groups is 1. The van der Waals surface area contributed by atoms with Crippen molar-refractivity contribution in [2.24, 2.45) is 5.92 Å². The molecule has 17 heavy (non-hydrogen) atoms. The third kappa shape index (κ3) is 3.79. The average Bonchev–Trinajstić information content (AvgIpc) is 2.29. The van der Waals surface area contributed by atoms with Gasteiger partial charge in [-0.2, -0.15) is 0 Å². The van der Waals surface area contributed by atoms with Gasteiger partial charge in [0.15, 0.2) is 20.6 Å². The van der Waals surface area contributed by atoms with Gasteiger partial charge in [0.2, 0.25) is 0 Å². The summed E-state index contributed by atoms with van der Waals surface area (Å²) in [6.45, 7) is 5.95. The van der Waals surface area contributed by atoms with Crippen molar-refractivity contribution >= 4 is 15.0 Å². The first kappa shape index (κ1) is 14.1. The Labute approximate surface area is 103 Å². The Hall–Kier alpha value is -0.920. The highest BCUT2D eigenvalue weighted by molar-refractivity contribution is 7.17. The molecule has 0 saturated carbocycles. The minimum Gasteiger partial charge on any atom is -0.314 e. The van der Waals surface area contributed by atoms with Crippen molar-refractivity contribution in [2.45, 2.75) is 32.8 Å². The van der Waals surface area contributed by atoms with Crippen LogP contribution in [0.4, 0.5) is 0 Å². The van der Waals surface area contributed by atoms with Crippen molar-refractivity contribution in [2.75, 3.05) is 0 Å². The molecule has 1 aromatic rings. The molecular weight excluding hydrogens is 235 g/mol. The van der Waals surface area contributed by atoms with E-state index in [1.165, 1.54) is 5.56 Å². The lowest BCUT2D eigenvalue weighted by Gasteiger charge is -2.21. The van der Waals surface area contributed by atoms with Crippen LogP contribution in [-0.2, 0) is 25.9 Å². The van der Waals surface area contributed by atoms with Crippen molar-refractivity contribution in [3.05, 3.63) is 35.4 Å². The molecule has 0 heterocycles. The fourth-order valence-electron chi connectivity index (χ4n) is 1.71. The molecule has 2 unspecified atom stereocenters. The van der Waals surface area contributed by atoms with Crippen LogP contribution in [0.15, 0.2) is 24.3 Å². The molecule has 94 valence electrons. The summed E-state index contributed by atoms with van der Waals surface area (Å²) in [6.07, 6.45) is 1.70. The van der Waals surface area contributed by atoms with Crippen LogP contribution in [-0.4, -0.2) is 6.29 Å². The van der Waals surface area contributed by atoms with E-state index in [0.29, 0.717) is 12.2 Å². The largest absolute Gasteiger partial charge is 0.314 e. The van der Waals surface area contributed by atoms with Gasteiger partial charge in [0.25, 0.3) is 0 Å². The predicted molar refractivity (Wildman–Crippen MR) is 69.9 cm³/mol. The highest BCUT2D eigenvalue weighted by Gasteiger charge is 2.26. The normalized spacial score (nSPS) is 15.3. The van der Waals surface area contributed by atoms with E-state index in [1.807, 2.05) is 24.3 Å². The number of carbonyl (C=O) groups excluding carboxylic acids is 1. The third-order valence-corrected chi connectivity index (χ3v) is 3.27. The summed E-state index contributed by atoms with van der Waals surface area (Å²) in [5.74, 6) is 0.598. The number of rotatable bonds is 6. The first-order chi connectivity index (χ1) is 8.01. The number of benzene rings is 1. The second-order valence-electron chi connectivity index (χ2n) is 4.73. The zero-order valence-corrected chi connectivity index (χ0v) is 11.6. The van der Waals surface area contributed by atoms with E-state index in [-0.39, 0.29) is 0 Å². The minimum atomic E-state index is -1.40. The maximum absolute atomic E-state index is 11.0.